The predicted octanol–water partition coefficient (Wildman–Crippen LogP) is 3.92. The number of aromatic nitrogens is 1. The molecule has 1 unspecified atom stereocenters. The first kappa shape index (κ1) is 14.6. The first-order chi connectivity index (χ1) is 9.06. The normalized spacial score (nSPS) is 12.4. The second kappa shape index (κ2) is 6.57. The van der Waals surface area contributed by atoms with Crippen LogP contribution in [0, 0.1) is 0 Å². The zero-order valence-electron chi connectivity index (χ0n) is 10.4. The number of nitrogens with zero attached hydrogens (tertiary/aromatic N) is 1. The van der Waals surface area contributed by atoms with E-state index in [2.05, 4.69) is 4.98 Å². The third-order valence-corrected chi connectivity index (χ3v) is 3.72. The lowest BCUT2D eigenvalue weighted by Crippen LogP contribution is -2.18. The molecule has 1 aromatic carbocycles. The van der Waals surface area contributed by atoms with E-state index in [-0.39, 0.29) is 6.04 Å². The molecular formula is C13H14Cl2N2OS. The van der Waals surface area contributed by atoms with Gasteiger partial charge in [0.25, 0.3) is 0 Å². The van der Waals surface area contributed by atoms with Crippen molar-refractivity contribution in [3.05, 3.63) is 44.3 Å². The highest BCUT2D eigenvalue weighted by Gasteiger charge is 2.13. The first-order valence-electron chi connectivity index (χ1n) is 5.80. The fraction of sp³-hybridized carbons (Fsp3) is 0.308. The summed E-state index contributed by atoms with van der Waals surface area (Å²) < 4.78 is 5.79. The van der Waals surface area contributed by atoms with Crippen LogP contribution in [0.5, 0.6) is 5.75 Å². The molecule has 0 aliphatic rings. The van der Waals surface area contributed by atoms with Crippen molar-refractivity contribution in [1.82, 2.24) is 4.98 Å². The third-order valence-electron chi connectivity index (χ3n) is 2.47. The minimum Gasteiger partial charge on any atom is -0.486 e. The van der Waals surface area contributed by atoms with Gasteiger partial charge in [-0.05, 0) is 31.0 Å². The highest BCUT2D eigenvalue weighted by Crippen LogP contribution is 2.33. The van der Waals surface area contributed by atoms with E-state index in [1.807, 2.05) is 13.0 Å². The van der Waals surface area contributed by atoms with Crippen LogP contribution in [0.25, 0.3) is 0 Å². The van der Waals surface area contributed by atoms with Gasteiger partial charge in [0.1, 0.15) is 12.4 Å². The molecule has 2 aromatic rings. The standard InChI is InChI=1S/C13H14Cl2N2OS/c1-8(16)2-9-3-10(14)4-12(15)13(9)18-6-11-5-17-7-19-11/h3-5,7-8H,2,6,16H2,1H3. The molecule has 0 aliphatic heterocycles. The Balaban J connectivity index is 2.21. The number of hydrogen-bond donors (Lipinski definition) is 1. The minimum absolute atomic E-state index is 0.0142. The van der Waals surface area contributed by atoms with Crippen LogP contribution >= 0.6 is 34.5 Å². The van der Waals surface area contributed by atoms with Crippen molar-refractivity contribution in [1.29, 1.82) is 0 Å². The van der Waals surface area contributed by atoms with Gasteiger partial charge in [0.05, 0.1) is 15.4 Å². The van der Waals surface area contributed by atoms with Gasteiger partial charge in [-0.15, -0.1) is 11.3 Å². The molecule has 1 aromatic heterocycles. The summed E-state index contributed by atoms with van der Waals surface area (Å²) in [6.45, 7) is 2.37. The van der Waals surface area contributed by atoms with Gasteiger partial charge in [0.2, 0.25) is 0 Å². The van der Waals surface area contributed by atoms with E-state index in [4.69, 9.17) is 33.7 Å². The molecule has 0 aliphatic carbocycles. The Kier molecular flexibility index (Phi) is 5.05. The number of hydrogen-bond acceptors (Lipinski definition) is 4. The average molecular weight is 317 g/mol. The Labute approximate surface area is 126 Å². The van der Waals surface area contributed by atoms with Crippen LogP contribution in [0.2, 0.25) is 10.0 Å². The molecule has 0 fully saturated rings. The molecular weight excluding hydrogens is 303 g/mol. The lowest BCUT2D eigenvalue weighted by atomic mass is 10.1. The third kappa shape index (κ3) is 4.08. The van der Waals surface area contributed by atoms with Crippen molar-refractivity contribution in [2.45, 2.75) is 26.0 Å². The maximum absolute atomic E-state index is 6.20. The Morgan fingerprint density at radius 1 is 1.42 bits per heavy atom. The number of ether oxygens (including phenoxy) is 1. The van der Waals surface area contributed by atoms with Crippen molar-refractivity contribution in [2.24, 2.45) is 5.73 Å². The molecule has 0 bridgehead atoms. The van der Waals surface area contributed by atoms with E-state index in [9.17, 15) is 0 Å². The fourth-order valence-corrected chi connectivity index (χ4v) is 2.83. The van der Waals surface area contributed by atoms with Crippen LogP contribution in [0.3, 0.4) is 0 Å². The topological polar surface area (TPSA) is 48.1 Å². The first-order valence-corrected chi connectivity index (χ1v) is 7.43. The summed E-state index contributed by atoms with van der Waals surface area (Å²) in [5.41, 5.74) is 8.53. The second-order valence-corrected chi connectivity index (χ2v) is 6.13. The Hall–Kier alpha value is -0.810. The highest BCUT2D eigenvalue weighted by atomic mass is 35.5. The number of thiazole rings is 1. The average Bonchev–Trinajstić information content (AvgIpc) is 2.79. The molecule has 1 heterocycles. The summed E-state index contributed by atoms with van der Waals surface area (Å²) >= 11 is 13.8. The smallest absolute Gasteiger partial charge is 0.141 e. The monoisotopic (exact) mass is 316 g/mol. The summed E-state index contributed by atoms with van der Waals surface area (Å²) in [4.78, 5) is 5.05. The van der Waals surface area contributed by atoms with E-state index in [1.54, 1.807) is 29.1 Å². The SMILES string of the molecule is CC(N)Cc1cc(Cl)cc(Cl)c1OCc1cncs1. The summed E-state index contributed by atoms with van der Waals surface area (Å²) in [5, 5.41) is 1.10. The molecule has 0 radical (unpaired) electrons. The van der Waals surface area contributed by atoms with Gasteiger partial charge in [-0.1, -0.05) is 23.2 Å². The maximum Gasteiger partial charge on any atom is 0.141 e. The lowest BCUT2D eigenvalue weighted by Gasteiger charge is -2.14. The molecule has 2 N–H and O–H groups in total. The molecule has 0 spiro atoms. The summed E-state index contributed by atoms with van der Waals surface area (Å²) in [7, 11) is 0. The number of benzene rings is 1. The molecule has 19 heavy (non-hydrogen) atoms. The van der Waals surface area contributed by atoms with Crippen LogP contribution in [-0.4, -0.2) is 11.0 Å². The van der Waals surface area contributed by atoms with Gasteiger partial charge < -0.3 is 10.5 Å². The van der Waals surface area contributed by atoms with E-state index in [0.29, 0.717) is 28.8 Å². The minimum atomic E-state index is 0.0142. The quantitative estimate of drug-likeness (QED) is 0.909. The van der Waals surface area contributed by atoms with Crippen LogP contribution in [0.15, 0.2) is 23.8 Å². The number of nitrogens with two attached hydrogens (primary N) is 1. The number of rotatable bonds is 5. The summed E-state index contributed by atoms with van der Waals surface area (Å²) in [6.07, 6.45) is 2.44. The van der Waals surface area contributed by atoms with Gasteiger partial charge in [0, 0.05) is 17.3 Å². The van der Waals surface area contributed by atoms with Crippen LogP contribution in [-0.2, 0) is 13.0 Å². The van der Waals surface area contributed by atoms with Crippen molar-refractivity contribution < 1.29 is 4.74 Å². The van der Waals surface area contributed by atoms with E-state index < -0.39 is 0 Å². The second-order valence-electron chi connectivity index (χ2n) is 4.31. The fourth-order valence-electron chi connectivity index (χ4n) is 1.73. The van der Waals surface area contributed by atoms with Gasteiger partial charge in [-0.2, -0.15) is 0 Å². The van der Waals surface area contributed by atoms with Crippen molar-refractivity contribution in [2.75, 3.05) is 0 Å². The Morgan fingerprint density at radius 3 is 2.84 bits per heavy atom. The Morgan fingerprint density at radius 2 is 2.21 bits per heavy atom. The molecule has 0 saturated carbocycles. The zero-order chi connectivity index (χ0) is 13.8. The van der Waals surface area contributed by atoms with E-state index in [1.165, 1.54) is 0 Å². The predicted molar refractivity (Wildman–Crippen MR) is 80.3 cm³/mol. The van der Waals surface area contributed by atoms with E-state index in [0.717, 1.165) is 10.4 Å². The largest absolute Gasteiger partial charge is 0.486 e. The van der Waals surface area contributed by atoms with Gasteiger partial charge in [-0.25, -0.2) is 0 Å². The lowest BCUT2D eigenvalue weighted by molar-refractivity contribution is 0.306. The summed E-state index contributed by atoms with van der Waals surface area (Å²) in [5.74, 6) is 0.650. The van der Waals surface area contributed by atoms with Crippen LogP contribution in [0.1, 0.15) is 17.4 Å². The molecule has 0 saturated heterocycles. The molecule has 6 heteroatoms. The van der Waals surface area contributed by atoms with E-state index >= 15 is 0 Å². The maximum atomic E-state index is 6.20. The van der Waals surface area contributed by atoms with Gasteiger partial charge >= 0.3 is 0 Å². The molecule has 2 rings (SSSR count). The van der Waals surface area contributed by atoms with Crippen LogP contribution in [0.4, 0.5) is 0 Å². The summed E-state index contributed by atoms with van der Waals surface area (Å²) in [6, 6.07) is 3.54. The molecule has 0 amide bonds. The number of halogens is 2. The van der Waals surface area contributed by atoms with Gasteiger partial charge in [-0.3, -0.25) is 4.98 Å². The van der Waals surface area contributed by atoms with Crippen molar-refractivity contribution >= 4 is 34.5 Å². The molecule has 3 nitrogen and oxygen atoms in total. The van der Waals surface area contributed by atoms with Crippen molar-refractivity contribution in [3.63, 3.8) is 0 Å². The highest BCUT2D eigenvalue weighted by molar-refractivity contribution is 7.09. The molecule has 102 valence electrons. The zero-order valence-corrected chi connectivity index (χ0v) is 12.7. The van der Waals surface area contributed by atoms with Gasteiger partial charge in [0.15, 0.2) is 0 Å². The van der Waals surface area contributed by atoms with Crippen molar-refractivity contribution in [3.8, 4) is 5.75 Å². The Bertz CT molecular complexity index is 544. The molecule has 1 atom stereocenters. The van der Waals surface area contributed by atoms with Crippen LogP contribution < -0.4 is 10.5 Å².